The molecule has 0 saturated carbocycles. The second-order valence-corrected chi connectivity index (χ2v) is 4.29. The van der Waals surface area contributed by atoms with Crippen molar-refractivity contribution in [3.8, 4) is 0 Å². The molecule has 5 heteroatoms. The van der Waals surface area contributed by atoms with Gasteiger partial charge in [0.05, 0.1) is 24.5 Å². The van der Waals surface area contributed by atoms with Gasteiger partial charge < -0.3 is 10.2 Å². The molecule has 0 aliphatic carbocycles. The zero-order valence-electron chi connectivity index (χ0n) is 10.6. The molecular formula is C12H20N4O. The third kappa shape index (κ3) is 2.66. The van der Waals surface area contributed by atoms with Crippen molar-refractivity contribution < 1.29 is 4.79 Å². The number of rotatable bonds is 4. The number of carbonyl (C=O) groups is 1. The van der Waals surface area contributed by atoms with Crippen LogP contribution in [0.25, 0.3) is 0 Å². The minimum Gasteiger partial charge on any atom is -0.334 e. The maximum absolute atomic E-state index is 11.7. The lowest BCUT2D eigenvalue weighted by atomic mass is 10.2. The van der Waals surface area contributed by atoms with Crippen LogP contribution in [0.1, 0.15) is 25.2 Å². The minimum absolute atomic E-state index is 0.179. The van der Waals surface area contributed by atoms with Crippen molar-refractivity contribution in [3.05, 3.63) is 17.5 Å². The Kier molecular flexibility index (Phi) is 3.78. The molecule has 0 unspecified atom stereocenters. The quantitative estimate of drug-likeness (QED) is 0.823. The lowest BCUT2D eigenvalue weighted by molar-refractivity contribution is -0.132. The molecule has 0 aromatic carbocycles. The molecule has 1 aliphatic rings. The van der Waals surface area contributed by atoms with Crippen molar-refractivity contribution in [3.63, 3.8) is 0 Å². The van der Waals surface area contributed by atoms with E-state index in [-0.39, 0.29) is 5.91 Å². The van der Waals surface area contributed by atoms with Crippen LogP contribution in [-0.4, -0.2) is 40.2 Å². The lowest BCUT2D eigenvalue weighted by Crippen LogP contribution is -2.47. The van der Waals surface area contributed by atoms with Crippen LogP contribution in [-0.2, 0) is 24.3 Å². The van der Waals surface area contributed by atoms with Crippen LogP contribution in [0.4, 0.5) is 0 Å². The smallest absolute Gasteiger partial charge is 0.236 e. The van der Waals surface area contributed by atoms with Crippen LogP contribution < -0.4 is 5.32 Å². The van der Waals surface area contributed by atoms with Crippen molar-refractivity contribution in [1.82, 2.24) is 20.0 Å². The first-order chi connectivity index (χ1) is 8.24. The summed E-state index contributed by atoms with van der Waals surface area (Å²) in [6.07, 6.45) is 0.940. The van der Waals surface area contributed by atoms with Crippen molar-refractivity contribution in [1.29, 1.82) is 0 Å². The normalized spacial score (nSPS) is 16.6. The highest BCUT2D eigenvalue weighted by Crippen LogP contribution is 2.10. The van der Waals surface area contributed by atoms with Crippen LogP contribution in [0.15, 0.2) is 6.07 Å². The third-order valence-electron chi connectivity index (χ3n) is 3.12. The summed E-state index contributed by atoms with van der Waals surface area (Å²) in [7, 11) is 0. The molecule has 1 amide bonds. The maximum atomic E-state index is 11.7. The Balaban J connectivity index is 2.11. The summed E-state index contributed by atoms with van der Waals surface area (Å²) in [6.45, 7) is 7.84. The summed E-state index contributed by atoms with van der Waals surface area (Å²) in [6, 6.07) is 2.11. The Labute approximate surface area is 102 Å². The van der Waals surface area contributed by atoms with Gasteiger partial charge in [-0.1, -0.05) is 6.92 Å². The Hall–Kier alpha value is -1.36. The fourth-order valence-corrected chi connectivity index (χ4v) is 2.10. The number of hydrogen-bond donors (Lipinski definition) is 1. The van der Waals surface area contributed by atoms with Crippen LogP contribution in [0.5, 0.6) is 0 Å². The summed E-state index contributed by atoms with van der Waals surface area (Å²) in [4.78, 5) is 13.6. The molecule has 17 heavy (non-hydrogen) atoms. The largest absolute Gasteiger partial charge is 0.334 e. The number of nitrogens with one attached hydrogen (secondary N) is 1. The van der Waals surface area contributed by atoms with Gasteiger partial charge in [0.15, 0.2) is 0 Å². The molecule has 1 saturated heterocycles. The van der Waals surface area contributed by atoms with E-state index in [2.05, 4.69) is 30.3 Å². The maximum Gasteiger partial charge on any atom is 0.236 e. The highest BCUT2D eigenvalue weighted by Gasteiger charge is 2.19. The molecule has 1 aromatic heterocycles. The van der Waals surface area contributed by atoms with E-state index < -0.39 is 0 Å². The first-order valence-electron chi connectivity index (χ1n) is 6.28. The number of aryl methyl sites for hydroxylation is 2. The monoisotopic (exact) mass is 236 g/mol. The average Bonchev–Trinajstić information content (AvgIpc) is 2.74. The number of piperazine rings is 1. The van der Waals surface area contributed by atoms with E-state index >= 15 is 0 Å². The SMILES string of the molecule is CCc1cc(CN2CCNCC2=O)n(CC)n1. The number of carbonyl (C=O) groups excluding carboxylic acids is 1. The predicted octanol–water partition coefficient (Wildman–Crippen LogP) is 0.397. The van der Waals surface area contributed by atoms with E-state index in [1.807, 2.05) is 9.58 Å². The Morgan fingerprint density at radius 1 is 1.47 bits per heavy atom. The molecule has 94 valence electrons. The molecule has 1 aromatic rings. The topological polar surface area (TPSA) is 50.2 Å². The number of hydrogen-bond acceptors (Lipinski definition) is 3. The second-order valence-electron chi connectivity index (χ2n) is 4.29. The first kappa shape index (κ1) is 12.1. The lowest BCUT2D eigenvalue weighted by Gasteiger charge is -2.27. The molecule has 0 radical (unpaired) electrons. The van der Waals surface area contributed by atoms with Gasteiger partial charge in [0.25, 0.3) is 0 Å². The van der Waals surface area contributed by atoms with Crippen molar-refractivity contribution >= 4 is 5.91 Å². The van der Waals surface area contributed by atoms with Crippen LogP contribution in [0.2, 0.25) is 0 Å². The van der Waals surface area contributed by atoms with Gasteiger partial charge in [-0.05, 0) is 19.4 Å². The van der Waals surface area contributed by atoms with E-state index in [0.29, 0.717) is 13.1 Å². The Morgan fingerprint density at radius 2 is 2.29 bits per heavy atom. The predicted molar refractivity (Wildman–Crippen MR) is 65.6 cm³/mol. The summed E-state index contributed by atoms with van der Waals surface area (Å²) < 4.78 is 1.99. The van der Waals surface area contributed by atoms with Gasteiger partial charge in [-0.25, -0.2) is 0 Å². The summed E-state index contributed by atoms with van der Waals surface area (Å²) in [5.74, 6) is 0.179. The summed E-state index contributed by atoms with van der Waals surface area (Å²) in [5, 5.41) is 7.58. The molecule has 1 aliphatic heterocycles. The van der Waals surface area contributed by atoms with Gasteiger partial charge in [-0.15, -0.1) is 0 Å². The highest BCUT2D eigenvalue weighted by atomic mass is 16.2. The summed E-state index contributed by atoms with van der Waals surface area (Å²) in [5.41, 5.74) is 2.24. The fourth-order valence-electron chi connectivity index (χ4n) is 2.10. The van der Waals surface area contributed by atoms with Crippen molar-refractivity contribution in [2.45, 2.75) is 33.4 Å². The van der Waals surface area contributed by atoms with Crippen LogP contribution in [0, 0.1) is 0 Å². The molecule has 2 heterocycles. The van der Waals surface area contributed by atoms with Crippen molar-refractivity contribution in [2.75, 3.05) is 19.6 Å². The molecule has 0 spiro atoms. The van der Waals surface area contributed by atoms with Gasteiger partial charge in [0, 0.05) is 19.6 Å². The average molecular weight is 236 g/mol. The van der Waals surface area contributed by atoms with Gasteiger partial charge in [0.1, 0.15) is 0 Å². The number of aromatic nitrogens is 2. The summed E-state index contributed by atoms with van der Waals surface area (Å²) >= 11 is 0. The molecule has 0 atom stereocenters. The van der Waals surface area contributed by atoms with Crippen LogP contribution >= 0.6 is 0 Å². The molecule has 5 nitrogen and oxygen atoms in total. The third-order valence-corrected chi connectivity index (χ3v) is 3.12. The van der Waals surface area contributed by atoms with Gasteiger partial charge in [-0.2, -0.15) is 5.10 Å². The number of nitrogens with zero attached hydrogens (tertiary/aromatic N) is 3. The highest BCUT2D eigenvalue weighted by molar-refractivity contribution is 5.78. The molecular weight excluding hydrogens is 216 g/mol. The standard InChI is InChI=1S/C12H20N4O/c1-3-10-7-11(16(4-2)14-10)9-15-6-5-13-8-12(15)17/h7,13H,3-6,8-9H2,1-2H3. The molecule has 0 bridgehead atoms. The number of amides is 1. The van der Waals surface area contributed by atoms with Gasteiger partial charge in [0.2, 0.25) is 5.91 Å². The van der Waals surface area contributed by atoms with Gasteiger partial charge >= 0.3 is 0 Å². The fraction of sp³-hybridized carbons (Fsp3) is 0.667. The van der Waals surface area contributed by atoms with Crippen molar-refractivity contribution in [2.24, 2.45) is 0 Å². The minimum atomic E-state index is 0.179. The second kappa shape index (κ2) is 5.31. The van der Waals surface area contributed by atoms with E-state index in [1.54, 1.807) is 0 Å². The Morgan fingerprint density at radius 3 is 2.94 bits per heavy atom. The zero-order valence-corrected chi connectivity index (χ0v) is 10.6. The molecule has 1 N–H and O–H groups in total. The zero-order chi connectivity index (χ0) is 12.3. The Bertz CT molecular complexity index is 399. The van der Waals surface area contributed by atoms with E-state index in [4.69, 9.17) is 0 Å². The van der Waals surface area contributed by atoms with Crippen LogP contribution in [0.3, 0.4) is 0 Å². The first-order valence-corrected chi connectivity index (χ1v) is 6.28. The van der Waals surface area contributed by atoms with E-state index in [1.165, 1.54) is 0 Å². The molecule has 2 rings (SSSR count). The van der Waals surface area contributed by atoms with E-state index in [9.17, 15) is 4.79 Å². The van der Waals surface area contributed by atoms with E-state index in [0.717, 1.165) is 37.4 Å². The van der Waals surface area contributed by atoms with Gasteiger partial charge in [-0.3, -0.25) is 9.48 Å². The molecule has 1 fully saturated rings.